The van der Waals surface area contributed by atoms with Crippen molar-refractivity contribution >= 4 is 23.2 Å². The van der Waals surface area contributed by atoms with Crippen LogP contribution in [0.1, 0.15) is 30.9 Å². The standard InChI is InChI=1S/C18H18ClNO/c1-2-13-6-8-16(9-7-13)20-17(21)18(10-11-18)14-4-3-5-15(19)12-14/h3-9,12H,2,10-11H2,1H3,(H,20,21). The summed E-state index contributed by atoms with van der Waals surface area (Å²) in [6.45, 7) is 2.12. The Kier molecular flexibility index (Phi) is 3.73. The summed E-state index contributed by atoms with van der Waals surface area (Å²) in [6, 6.07) is 15.6. The lowest BCUT2D eigenvalue weighted by molar-refractivity contribution is -0.118. The minimum absolute atomic E-state index is 0.0639. The minimum Gasteiger partial charge on any atom is -0.325 e. The average molecular weight is 300 g/mol. The van der Waals surface area contributed by atoms with Gasteiger partial charge in [0.25, 0.3) is 0 Å². The fourth-order valence-corrected chi connectivity index (χ4v) is 2.82. The van der Waals surface area contributed by atoms with Gasteiger partial charge in [0.2, 0.25) is 5.91 Å². The fourth-order valence-electron chi connectivity index (χ4n) is 2.63. The van der Waals surface area contributed by atoms with Gasteiger partial charge in [0.1, 0.15) is 0 Å². The maximum atomic E-state index is 12.6. The van der Waals surface area contributed by atoms with E-state index in [9.17, 15) is 4.79 Å². The van der Waals surface area contributed by atoms with Crippen LogP contribution in [0, 0.1) is 0 Å². The van der Waals surface area contributed by atoms with Crippen molar-refractivity contribution < 1.29 is 4.79 Å². The molecule has 21 heavy (non-hydrogen) atoms. The van der Waals surface area contributed by atoms with Crippen LogP contribution in [0.2, 0.25) is 5.02 Å². The van der Waals surface area contributed by atoms with E-state index in [1.165, 1.54) is 5.56 Å². The number of hydrogen-bond donors (Lipinski definition) is 1. The van der Waals surface area contributed by atoms with E-state index in [-0.39, 0.29) is 5.91 Å². The number of rotatable bonds is 4. The van der Waals surface area contributed by atoms with Gasteiger partial charge >= 0.3 is 0 Å². The van der Waals surface area contributed by atoms with E-state index >= 15 is 0 Å². The fraction of sp³-hybridized carbons (Fsp3) is 0.278. The third-order valence-electron chi connectivity index (χ3n) is 4.18. The first-order chi connectivity index (χ1) is 10.1. The molecule has 1 fully saturated rings. The van der Waals surface area contributed by atoms with Gasteiger partial charge in [0, 0.05) is 10.7 Å². The molecule has 2 nitrogen and oxygen atoms in total. The second kappa shape index (κ2) is 5.53. The van der Waals surface area contributed by atoms with Gasteiger partial charge in [-0.3, -0.25) is 4.79 Å². The Bertz CT molecular complexity index is 659. The lowest BCUT2D eigenvalue weighted by atomic mass is 9.95. The van der Waals surface area contributed by atoms with Crippen LogP contribution >= 0.6 is 11.6 Å². The number of nitrogens with one attached hydrogen (secondary N) is 1. The molecule has 0 aromatic heterocycles. The number of carbonyl (C=O) groups is 1. The van der Waals surface area contributed by atoms with Crippen molar-refractivity contribution in [3.05, 3.63) is 64.7 Å². The third-order valence-corrected chi connectivity index (χ3v) is 4.42. The Labute approximate surface area is 130 Å². The SMILES string of the molecule is CCc1ccc(NC(=O)C2(c3cccc(Cl)c3)CC2)cc1. The van der Waals surface area contributed by atoms with Crippen molar-refractivity contribution in [3.63, 3.8) is 0 Å². The van der Waals surface area contributed by atoms with Gasteiger partial charge in [0.05, 0.1) is 5.41 Å². The van der Waals surface area contributed by atoms with E-state index in [0.717, 1.165) is 30.5 Å². The molecule has 3 heteroatoms. The molecule has 1 amide bonds. The lowest BCUT2D eigenvalue weighted by Crippen LogP contribution is -2.27. The Balaban J connectivity index is 1.78. The van der Waals surface area contributed by atoms with Crippen LogP contribution in [-0.2, 0) is 16.6 Å². The van der Waals surface area contributed by atoms with Crippen LogP contribution in [-0.4, -0.2) is 5.91 Å². The highest BCUT2D eigenvalue weighted by atomic mass is 35.5. The topological polar surface area (TPSA) is 29.1 Å². The Hall–Kier alpha value is -1.80. The molecule has 0 saturated heterocycles. The summed E-state index contributed by atoms with van der Waals surface area (Å²) in [5.74, 6) is 0.0639. The first kappa shape index (κ1) is 14.2. The monoisotopic (exact) mass is 299 g/mol. The number of aryl methyl sites for hydroxylation is 1. The largest absolute Gasteiger partial charge is 0.325 e. The summed E-state index contributed by atoms with van der Waals surface area (Å²) in [5.41, 5.74) is 2.74. The van der Waals surface area contributed by atoms with E-state index in [2.05, 4.69) is 24.4 Å². The zero-order valence-corrected chi connectivity index (χ0v) is 12.8. The maximum absolute atomic E-state index is 12.6. The molecule has 2 aromatic carbocycles. The van der Waals surface area contributed by atoms with Gasteiger partial charge < -0.3 is 5.32 Å². The van der Waals surface area contributed by atoms with Gasteiger partial charge in [-0.25, -0.2) is 0 Å². The average Bonchev–Trinajstić information content (AvgIpc) is 3.30. The number of carbonyl (C=O) groups excluding carboxylic acids is 1. The molecule has 1 N–H and O–H groups in total. The Morgan fingerprint density at radius 1 is 1.19 bits per heavy atom. The first-order valence-corrected chi connectivity index (χ1v) is 7.68. The van der Waals surface area contributed by atoms with E-state index < -0.39 is 5.41 Å². The minimum atomic E-state index is -0.395. The van der Waals surface area contributed by atoms with Crippen molar-refractivity contribution in [2.75, 3.05) is 5.32 Å². The zero-order valence-electron chi connectivity index (χ0n) is 12.0. The number of anilines is 1. The van der Waals surface area contributed by atoms with Crippen molar-refractivity contribution in [2.45, 2.75) is 31.6 Å². The highest BCUT2D eigenvalue weighted by Gasteiger charge is 2.51. The van der Waals surface area contributed by atoms with Crippen LogP contribution in [0.3, 0.4) is 0 Å². The molecule has 1 aliphatic rings. The van der Waals surface area contributed by atoms with Crippen LogP contribution in [0.4, 0.5) is 5.69 Å². The van der Waals surface area contributed by atoms with Gasteiger partial charge in [-0.2, -0.15) is 0 Å². The van der Waals surface area contributed by atoms with Crippen LogP contribution in [0.15, 0.2) is 48.5 Å². The van der Waals surface area contributed by atoms with Crippen LogP contribution in [0.5, 0.6) is 0 Å². The highest BCUT2D eigenvalue weighted by molar-refractivity contribution is 6.30. The highest BCUT2D eigenvalue weighted by Crippen LogP contribution is 2.49. The number of hydrogen-bond acceptors (Lipinski definition) is 1. The summed E-state index contributed by atoms with van der Waals surface area (Å²) in [7, 11) is 0. The van der Waals surface area contributed by atoms with Crippen LogP contribution in [0.25, 0.3) is 0 Å². The molecule has 0 spiro atoms. The number of halogens is 1. The molecule has 1 saturated carbocycles. The predicted molar refractivity (Wildman–Crippen MR) is 86.8 cm³/mol. The van der Waals surface area contributed by atoms with Gasteiger partial charge in [-0.1, -0.05) is 42.8 Å². The Morgan fingerprint density at radius 2 is 1.90 bits per heavy atom. The smallest absolute Gasteiger partial charge is 0.235 e. The van der Waals surface area contributed by atoms with E-state index in [1.54, 1.807) is 0 Å². The maximum Gasteiger partial charge on any atom is 0.235 e. The van der Waals surface area contributed by atoms with Gasteiger partial charge in [-0.15, -0.1) is 0 Å². The molecule has 1 aliphatic carbocycles. The molecule has 0 atom stereocenters. The molecule has 0 heterocycles. The van der Waals surface area contributed by atoms with Crippen molar-refractivity contribution in [1.29, 1.82) is 0 Å². The lowest BCUT2D eigenvalue weighted by Gasteiger charge is -2.16. The normalized spacial score (nSPS) is 15.5. The molecule has 0 bridgehead atoms. The molecular formula is C18H18ClNO. The summed E-state index contributed by atoms with van der Waals surface area (Å²) < 4.78 is 0. The van der Waals surface area contributed by atoms with Gasteiger partial charge in [-0.05, 0) is 54.7 Å². The second-order valence-corrected chi connectivity index (χ2v) is 6.03. The zero-order chi connectivity index (χ0) is 14.9. The molecule has 0 radical (unpaired) electrons. The summed E-state index contributed by atoms with van der Waals surface area (Å²) in [4.78, 5) is 12.6. The molecule has 2 aromatic rings. The van der Waals surface area contributed by atoms with E-state index in [1.807, 2.05) is 36.4 Å². The molecule has 108 valence electrons. The summed E-state index contributed by atoms with van der Waals surface area (Å²) >= 11 is 6.05. The van der Waals surface area contributed by atoms with Gasteiger partial charge in [0.15, 0.2) is 0 Å². The summed E-state index contributed by atoms with van der Waals surface area (Å²) in [5, 5.41) is 3.71. The third kappa shape index (κ3) is 2.81. The quantitative estimate of drug-likeness (QED) is 0.880. The second-order valence-electron chi connectivity index (χ2n) is 5.60. The molecule has 3 rings (SSSR count). The predicted octanol–water partition coefficient (Wildman–Crippen LogP) is 4.57. The van der Waals surface area contributed by atoms with Crippen molar-refractivity contribution in [3.8, 4) is 0 Å². The van der Waals surface area contributed by atoms with Crippen molar-refractivity contribution in [1.82, 2.24) is 0 Å². The summed E-state index contributed by atoms with van der Waals surface area (Å²) in [6.07, 6.45) is 2.76. The van der Waals surface area contributed by atoms with E-state index in [4.69, 9.17) is 11.6 Å². The number of amides is 1. The van der Waals surface area contributed by atoms with Crippen molar-refractivity contribution in [2.24, 2.45) is 0 Å². The molecular weight excluding hydrogens is 282 g/mol. The Morgan fingerprint density at radius 3 is 2.48 bits per heavy atom. The first-order valence-electron chi connectivity index (χ1n) is 7.30. The molecule has 0 aliphatic heterocycles. The number of benzene rings is 2. The van der Waals surface area contributed by atoms with E-state index in [0.29, 0.717) is 5.02 Å². The molecule has 0 unspecified atom stereocenters. The van der Waals surface area contributed by atoms with Crippen LogP contribution < -0.4 is 5.32 Å².